The summed E-state index contributed by atoms with van der Waals surface area (Å²) in [5.41, 5.74) is 0.447. The van der Waals surface area contributed by atoms with Gasteiger partial charge in [-0.3, -0.25) is 0 Å². The maximum absolute atomic E-state index is 12.0. The monoisotopic (exact) mass is 285 g/mol. The van der Waals surface area contributed by atoms with Crippen molar-refractivity contribution < 1.29 is 13.2 Å². The second-order valence-electron chi connectivity index (χ2n) is 5.04. The Morgan fingerprint density at radius 3 is 2.47 bits per heavy atom. The van der Waals surface area contributed by atoms with Crippen molar-refractivity contribution in [3.05, 3.63) is 24.3 Å². The van der Waals surface area contributed by atoms with E-state index < -0.39 is 9.84 Å². The molecule has 19 heavy (non-hydrogen) atoms. The Hall–Kier alpha value is -1.07. The van der Waals surface area contributed by atoms with Gasteiger partial charge in [0.2, 0.25) is 0 Å². The fourth-order valence-corrected chi connectivity index (χ4v) is 2.71. The summed E-state index contributed by atoms with van der Waals surface area (Å²) in [5, 5.41) is 3.18. The number of anilines is 1. The molecular weight excluding hydrogens is 262 g/mol. The van der Waals surface area contributed by atoms with E-state index in [1.165, 1.54) is 0 Å². The predicted octanol–water partition coefficient (Wildman–Crippen LogP) is 2.71. The van der Waals surface area contributed by atoms with Crippen LogP contribution < -0.4 is 5.32 Å². The van der Waals surface area contributed by atoms with Gasteiger partial charge in [-0.1, -0.05) is 19.1 Å². The Kier molecular flexibility index (Phi) is 5.38. The van der Waals surface area contributed by atoms with E-state index in [-0.39, 0.29) is 11.4 Å². The summed E-state index contributed by atoms with van der Waals surface area (Å²) in [4.78, 5) is 0.368. The van der Waals surface area contributed by atoms with Crippen LogP contribution in [-0.4, -0.2) is 33.4 Å². The Morgan fingerprint density at radius 1 is 1.26 bits per heavy atom. The van der Waals surface area contributed by atoms with Crippen molar-refractivity contribution in [3.63, 3.8) is 0 Å². The number of methoxy groups -OCH3 is 1. The first-order valence-electron chi connectivity index (χ1n) is 6.43. The molecular formula is C14H23NO3S. The van der Waals surface area contributed by atoms with E-state index in [9.17, 15) is 8.42 Å². The molecule has 1 rings (SSSR count). The minimum absolute atomic E-state index is 0.106. The minimum atomic E-state index is -3.19. The van der Waals surface area contributed by atoms with Gasteiger partial charge in [0.1, 0.15) is 0 Å². The lowest BCUT2D eigenvalue weighted by Gasteiger charge is -2.23. The van der Waals surface area contributed by atoms with E-state index in [0.717, 1.165) is 6.42 Å². The molecule has 0 radical (unpaired) electrons. The molecule has 108 valence electrons. The molecule has 0 aliphatic carbocycles. The summed E-state index contributed by atoms with van der Waals surface area (Å²) >= 11 is 0. The molecule has 0 aliphatic heterocycles. The first-order valence-corrected chi connectivity index (χ1v) is 8.08. The Morgan fingerprint density at radius 2 is 1.89 bits per heavy atom. The molecule has 0 fully saturated rings. The molecule has 0 saturated carbocycles. The molecule has 1 aromatic carbocycles. The van der Waals surface area contributed by atoms with Crippen LogP contribution in [0.4, 0.5) is 5.69 Å². The van der Waals surface area contributed by atoms with Gasteiger partial charge in [-0.05, 0) is 32.4 Å². The molecule has 5 heteroatoms. The number of hydrogen-bond donors (Lipinski definition) is 1. The van der Waals surface area contributed by atoms with Gasteiger partial charge in [0.05, 0.1) is 21.9 Å². The summed E-state index contributed by atoms with van der Waals surface area (Å²) in [5.74, 6) is 0.106. The van der Waals surface area contributed by atoms with Crippen LogP contribution in [-0.2, 0) is 14.6 Å². The zero-order valence-corrected chi connectivity index (χ0v) is 12.9. The number of benzene rings is 1. The molecule has 1 N–H and O–H groups in total. The summed E-state index contributed by atoms with van der Waals surface area (Å²) in [6, 6.07) is 7.01. The number of hydrogen-bond acceptors (Lipinski definition) is 4. The lowest BCUT2D eigenvalue weighted by Crippen LogP contribution is -2.26. The van der Waals surface area contributed by atoms with Crippen molar-refractivity contribution >= 4 is 15.5 Å². The largest absolute Gasteiger partial charge is 0.384 e. The molecule has 0 aliphatic rings. The number of para-hydroxylation sites is 1. The summed E-state index contributed by atoms with van der Waals surface area (Å²) in [6.07, 6.45) is 0.796. The summed E-state index contributed by atoms with van der Waals surface area (Å²) in [6.45, 7) is 6.32. The number of rotatable bonds is 7. The van der Waals surface area contributed by atoms with Crippen LogP contribution in [0.2, 0.25) is 0 Å². The number of ether oxygens (including phenoxy) is 1. The Balaban J connectivity index is 2.80. The lowest BCUT2D eigenvalue weighted by molar-refractivity contribution is 0.0185. The highest BCUT2D eigenvalue weighted by Crippen LogP contribution is 2.22. The molecule has 0 spiro atoms. The third-order valence-corrected chi connectivity index (χ3v) is 4.98. The van der Waals surface area contributed by atoms with Crippen molar-refractivity contribution in [1.82, 2.24) is 0 Å². The second kappa shape index (κ2) is 6.39. The maximum Gasteiger partial charge on any atom is 0.180 e. The highest BCUT2D eigenvalue weighted by Gasteiger charge is 2.18. The fourth-order valence-electron chi connectivity index (χ4n) is 1.64. The van der Waals surface area contributed by atoms with Gasteiger partial charge in [-0.15, -0.1) is 0 Å². The average molecular weight is 285 g/mol. The molecule has 0 aromatic heterocycles. The second-order valence-corrected chi connectivity index (χ2v) is 7.29. The molecule has 1 aromatic rings. The van der Waals surface area contributed by atoms with Crippen LogP contribution in [0, 0.1) is 0 Å². The highest BCUT2D eigenvalue weighted by atomic mass is 32.2. The van der Waals surface area contributed by atoms with Gasteiger partial charge < -0.3 is 10.1 Å². The van der Waals surface area contributed by atoms with Crippen LogP contribution in [0.3, 0.4) is 0 Å². The van der Waals surface area contributed by atoms with Crippen LogP contribution >= 0.6 is 0 Å². The van der Waals surface area contributed by atoms with E-state index >= 15 is 0 Å². The summed E-state index contributed by atoms with van der Waals surface area (Å²) < 4.78 is 29.3. The number of sulfone groups is 1. The molecule has 0 amide bonds. The van der Waals surface area contributed by atoms with Crippen molar-refractivity contribution in [3.8, 4) is 0 Å². The van der Waals surface area contributed by atoms with E-state index in [0.29, 0.717) is 17.1 Å². The molecule has 0 atom stereocenters. The molecule has 0 unspecified atom stereocenters. The van der Waals surface area contributed by atoms with Crippen LogP contribution in [0.25, 0.3) is 0 Å². The highest BCUT2D eigenvalue weighted by molar-refractivity contribution is 7.91. The van der Waals surface area contributed by atoms with Crippen molar-refractivity contribution in [2.45, 2.75) is 37.7 Å². The Bertz CT molecular complexity index is 509. The van der Waals surface area contributed by atoms with Crippen LogP contribution in [0.5, 0.6) is 0 Å². The zero-order chi connectivity index (χ0) is 14.5. The van der Waals surface area contributed by atoms with Crippen LogP contribution in [0.15, 0.2) is 29.2 Å². The topological polar surface area (TPSA) is 55.4 Å². The van der Waals surface area contributed by atoms with Crippen molar-refractivity contribution in [2.75, 3.05) is 24.7 Å². The van der Waals surface area contributed by atoms with E-state index in [2.05, 4.69) is 5.32 Å². The molecule has 0 saturated heterocycles. The normalized spacial score (nSPS) is 12.4. The van der Waals surface area contributed by atoms with Gasteiger partial charge in [0, 0.05) is 13.7 Å². The quantitative estimate of drug-likeness (QED) is 0.837. The van der Waals surface area contributed by atoms with Gasteiger partial charge in [0.25, 0.3) is 0 Å². The SMILES string of the molecule is CCS(=O)(=O)c1ccccc1NCCC(C)(C)OC. The first-order chi connectivity index (χ1) is 8.82. The van der Waals surface area contributed by atoms with Crippen molar-refractivity contribution in [1.29, 1.82) is 0 Å². The van der Waals surface area contributed by atoms with Gasteiger partial charge in [-0.25, -0.2) is 8.42 Å². The zero-order valence-electron chi connectivity index (χ0n) is 12.1. The third-order valence-electron chi connectivity index (χ3n) is 3.20. The Labute approximate surface area is 116 Å². The average Bonchev–Trinajstić information content (AvgIpc) is 2.39. The molecule has 4 nitrogen and oxygen atoms in total. The first kappa shape index (κ1) is 16.0. The summed E-state index contributed by atoms with van der Waals surface area (Å²) in [7, 11) is -1.52. The number of nitrogens with one attached hydrogen (secondary N) is 1. The third kappa shape index (κ3) is 4.51. The van der Waals surface area contributed by atoms with Gasteiger partial charge in [-0.2, -0.15) is 0 Å². The minimum Gasteiger partial charge on any atom is -0.384 e. The lowest BCUT2D eigenvalue weighted by atomic mass is 10.1. The van der Waals surface area contributed by atoms with E-state index in [1.807, 2.05) is 19.9 Å². The predicted molar refractivity (Wildman–Crippen MR) is 78.4 cm³/mol. The van der Waals surface area contributed by atoms with E-state index in [4.69, 9.17) is 4.74 Å². The molecule has 0 heterocycles. The van der Waals surface area contributed by atoms with Gasteiger partial charge >= 0.3 is 0 Å². The maximum atomic E-state index is 12.0. The van der Waals surface area contributed by atoms with Gasteiger partial charge in [0.15, 0.2) is 9.84 Å². The van der Waals surface area contributed by atoms with Crippen molar-refractivity contribution in [2.24, 2.45) is 0 Å². The fraction of sp³-hybridized carbons (Fsp3) is 0.571. The van der Waals surface area contributed by atoms with Crippen LogP contribution in [0.1, 0.15) is 27.2 Å². The smallest absolute Gasteiger partial charge is 0.180 e. The molecule has 0 bridgehead atoms. The standard InChI is InChI=1S/C14H23NO3S/c1-5-19(16,17)13-9-7-6-8-12(13)15-11-10-14(2,3)18-4/h6-9,15H,5,10-11H2,1-4H3. The van der Waals surface area contributed by atoms with E-state index in [1.54, 1.807) is 32.2 Å².